The summed E-state index contributed by atoms with van der Waals surface area (Å²) in [6.45, 7) is 5.10. The molecular weight excluding hydrogens is 348 g/mol. The van der Waals surface area contributed by atoms with Crippen molar-refractivity contribution in [3.05, 3.63) is 29.3 Å². The molecule has 4 nitrogen and oxygen atoms in total. The zero-order chi connectivity index (χ0) is 18.4. The lowest BCUT2D eigenvalue weighted by atomic mass is 9.79. The summed E-state index contributed by atoms with van der Waals surface area (Å²) in [5.74, 6) is 0.646. The van der Waals surface area contributed by atoms with Crippen LogP contribution in [0.25, 0.3) is 0 Å². The molecule has 1 amide bonds. The van der Waals surface area contributed by atoms with E-state index in [1.165, 1.54) is 64.5 Å². The number of hydrogen-bond donors (Lipinski definition) is 2. The van der Waals surface area contributed by atoms with Crippen LogP contribution in [0.5, 0.6) is 5.75 Å². The van der Waals surface area contributed by atoms with Crippen molar-refractivity contribution in [2.75, 3.05) is 19.6 Å². The second kappa shape index (κ2) is 9.09. The molecular formula is C21H32ClN2O2+. The highest BCUT2D eigenvalue weighted by atomic mass is 35.5. The lowest BCUT2D eigenvalue weighted by Gasteiger charge is -2.45. The summed E-state index contributed by atoms with van der Waals surface area (Å²) in [5.41, 5.74) is 0.230. The molecule has 1 aromatic rings. The van der Waals surface area contributed by atoms with Crippen LogP contribution in [-0.4, -0.2) is 37.2 Å². The van der Waals surface area contributed by atoms with Crippen molar-refractivity contribution < 1.29 is 14.4 Å². The molecule has 0 unspecified atom stereocenters. The standard InChI is InChI=1S/C21H31ClN2O2/c1-17(26-19-10-8-18(22)9-11-19)20(25)23-16-21(12-4-2-5-13-21)24-14-6-3-7-15-24/h8-11,17H,2-7,12-16H2,1H3,(H,23,25)/p+1/t17-/m1/s1. The van der Waals surface area contributed by atoms with Gasteiger partial charge in [-0.25, -0.2) is 0 Å². The van der Waals surface area contributed by atoms with Gasteiger partial charge in [0.25, 0.3) is 5.91 Å². The van der Waals surface area contributed by atoms with Gasteiger partial charge in [0.1, 0.15) is 11.3 Å². The number of piperidine rings is 1. The van der Waals surface area contributed by atoms with Gasteiger partial charge in [0, 0.05) is 17.9 Å². The maximum absolute atomic E-state index is 12.6. The van der Waals surface area contributed by atoms with E-state index in [9.17, 15) is 4.79 Å². The summed E-state index contributed by atoms with van der Waals surface area (Å²) in [6, 6.07) is 7.15. The van der Waals surface area contributed by atoms with Crippen molar-refractivity contribution in [1.29, 1.82) is 0 Å². The lowest BCUT2D eigenvalue weighted by molar-refractivity contribution is -0.957. The van der Waals surface area contributed by atoms with E-state index in [-0.39, 0.29) is 11.4 Å². The van der Waals surface area contributed by atoms with E-state index in [2.05, 4.69) is 5.32 Å². The Labute approximate surface area is 162 Å². The molecule has 1 atom stereocenters. The van der Waals surface area contributed by atoms with Crippen LogP contribution in [0, 0.1) is 0 Å². The van der Waals surface area contributed by atoms with Gasteiger partial charge in [0.2, 0.25) is 0 Å². The summed E-state index contributed by atoms with van der Waals surface area (Å²) in [5, 5.41) is 3.88. The van der Waals surface area contributed by atoms with Gasteiger partial charge >= 0.3 is 0 Å². The molecule has 1 heterocycles. The van der Waals surface area contributed by atoms with Crippen LogP contribution in [-0.2, 0) is 4.79 Å². The third kappa shape index (κ3) is 4.92. The van der Waals surface area contributed by atoms with Crippen LogP contribution in [0.4, 0.5) is 0 Å². The molecule has 1 aliphatic carbocycles. The monoisotopic (exact) mass is 379 g/mol. The second-order valence-corrected chi connectivity index (χ2v) is 8.37. The Balaban J connectivity index is 1.57. The van der Waals surface area contributed by atoms with E-state index in [4.69, 9.17) is 16.3 Å². The number of halogens is 1. The second-order valence-electron chi connectivity index (χ2n) is 7.94. The number of benzene rings is 1. The quantitative estimate of drug-likeness (QED) is 0.797. The Morgan fingerprint density at radius 3 is 2.38 bits per heavy atom. The highest BCUT2D eigenvalue weighted by Crippen LogP contribution is 2.26. The summed E-state index contributed by atoms with van der Waals surface area (Å²) in [6.07, 6.45) is 9.86. The molecule has 5 heteroatoms. The lowest BCUT2D eigenvalue weighted by Crippen LogP contribution is -3.22. The Morgan fingerprint density at radius 2 is 1.73 bits per heavy atom. The minimum Gasteiger partial charge on any atom is -0.481 e. The first-order valence-electron chi connectivity index (χ1n) is 10.1. The van der Waals surface area contributed by atoms with Crippen LogP contribution in [0.15, 0.2) is 24.3 Å². The van der Waals surface area contributed by atoms with E-state index in [0.717, 1.165) is 6.54 Å². The summed E-state index contributed by atoms with van der Waals surface area (Å²) >= 11 is 5.90. The molecule has 2 N–H and O–H groups in total. The first-order valence-corrected chi connectivity index (χ1v) is 10.5. The number of carbonyl (C=O) groups excluding carboxylic acids is 1. The largest absolute Gasteiger partial charge is 0.481 e. The molecule has 1 saturated heterocycles. The van der Waals surface area contributed by atoms with Crippen LogP contribution < -0.4 is 15.0 Å². The average Bonchev–Trinajstić information content (AvgIpc) is 2.69. The number of amides is 1. The van der Waals surface area contributed by atoms with Gasteiger partial charge in [0.05, 0.1) is 19.6 Å². The third-order valence-electron chi connectivity index (χ3n) is 6.11. The van der Waals surface area contributed by atoms with Crippen LogP contribution in [0.1, 0.15) is 58.3 Å². The van der Waals surface area contributed by atoms with Gasteiger partial charge < -0.3 is 15.0 Å². The fourth-order valence-corrected chi connectivity index (χ4v) is 4.69. The fourth-order valence-electron chi connectivity index (χ4n) is 4.56. The SMILES string of the molecule is C[C@@H](Oc1ccc(Cl)cc1)C(=O)NCC1([NH+]2CCCCC2)CCCCC1. The predicted octanol–water partition coefficient (Wildman–Crippen LogP) is 3.00. The smallest absolute Gasteiger partial charge is 0.261 e. The van der Waals surface area contributed by atoms with Crippen LogP contribution in [0.2, 0.25) is 5.02 Å². The Hall–Kier alpha value is -1.26. The first kappa shape index (κ1) is 19.5. The van der Waals surface area contributed by atoms with Crippen molar-refractivity contribution >= 4 is 17.5 Å². The maximum Gasteiger partial charge on any atom is 0.261 e. The van der Waals surface area contributed by atoms with Gasteiger partial charge in [-0.1, -0.05) is 18.0 Å². The number of quaternary nitrogens is 1. The molecule has 0 bridgehead atoms. The average molecular weight is 380 g/mol. The molecule has 2 aliphatic rings. The van der Waals surface area contributed by atoms with Crippen LogP contribution in [0.3, 0.4) is 0 Å². The van der Waals surface area contributed by atoms with Crippen LogP contribution >= 0.6 is 11.6 Å². The van der Waals surface area contributed by atoms with Gasteiger partial charge in [-0.2, -0.15) is 0 Å². The Morgan fingerprint density at radius 1 is 1.12 bits per heavy atom. The molecule has 1 aliphatic heterocycles. The molecule has 3 rings (SSSR count). The molecule has 1 aromatic carbocycles. The van der Waals surface area contributed by atoms with E-state index in [1.807, 2.05) is 6.92 Å². The van der Waals surface area contributed by atoms with Gasteiger partial charge in [-0.3, -0.25) is 4.79 Å². The van der Waals surface area contributed by atoms with E-state index >= 15 is 0 Å². The summed E-state index contributed by atoms with van der Waals surface area (Å²) < 4.78 is 5.77. The molecule has 1 saturated carbocycles. The minimum atomic E-state index is -0.506. The summed E-state index contributed by atoms with van der Waals surface area (Å²) in [7, 11) is 0. The van der Waals surface area contributed by atoms with E-state index in [1.54, 1.807) is 29.2 Å². The minimum absolute atomic E-state index is 0.0266. The molecule has 26 heavy (non-hydrogen) atoms. The zero-order valence-electron chi connectivity index (χ0n) is 15.9. The van der Waals surface area contributed by atoms with Crippen molar-refractivity contribution in [3.63, 3.8) is 0 Å². The summed E-state index contributed by atoms with van der Waals surface area (Å²) in [4.78, 5) is 14.3. The highest BCUT2D eigenvalue weighted by Gasteiger charge is 2.42. The van der Waals surface area contributed by atoms with Gasteiger partial charge in [-0.15, -0.1) is 0 Å². The number of carbonyl (C=O) groups is 1. The maximum atomic E-state index is 12.6. The molecule has 0 radical (unpaired) electrons. The van der Waals surface area contributed by atoms with Crippen molar-refractivity contribution in [2.24, 2.45) is 0 Å². The Kier molecular flexibility index (Phi) is 6.82. The first-order chi connectivity index (χ1) is 12.6. The number of ether oxygens (including phenoxy) is 1. The predicted molar refractivity (Wildman–Crippen MR) is 105 cm³/mol. The van der Waals surface area contributed by atoms with Crippen molar-refractivity contribution in [3.8, 4) is 5.75 Å². The topological polar surface area (TPSA) is 42.8 Å². The Bertz CT molecular complexity index is 578. The molecule has 144 valence electrons. The zero-order valence-corrected chi connectivity index (χ0v) is 16.6. The van der Waals surface area contributed by atoms with Crippen molar-refractivity contribution in [2.45, 2.75) is 69.9 Å². The third-order valence-corrected chi connectivity index (χ3v) is 6.37. The molecule has 0 spiro atoms. The molecule has 2 fully saturated rings. The normalized spacial score (nSPS) is 21.8. The van der Waals surface area contributed by atoms with E-state index < -0.39 is 6.10 Å². The fraction of sp³-hybridized carbons (Fsp3) is 0.667. The van der Waals surface area contributed by atoms with Gasteiger partial charge in [0.15, 0.2) is 6.10 Å². The number of likely N-dealkylation sites (tertiary alicyclic amines) is 1. The number of hydrogen-bond acceptors (Lipinski definition) is 2. The van der Waals surface area contributed by atoms with Crippen molar-refractivity contribution in [1.82, 2.24) is 5.32 Å². The van der Waals surface area contributed by atoms with E-state index in [0.29, 0.717) is 10.8 Å². The molecule has 0 aromatic heterocycles. The number of rotatable bonds is 6. The number of nitrogens with one attached hydrogen (secondary N) is 2. The van der Waals surface area contributed by atoms with Gasteiger partial charge in [-0.05, 0) is 63.3 Å². The highest BCUT2D eigenvalue weighted by molar-refractivity contribution is 6.30.